The number of nitrogens with two attached hydrogens (primary N) is 1. The molecule has 0 atom stereocenters. The van der Waals surface area contributed by atoms with Crippen molar-refractivity contribution in [3.05, 3.63) is 30.2 Å². The maximum atomic E-state index is 5.49. The van der Waals surface area contributed by atoms with Gasteiger partial charge in [0, 0.05) is 18.0 Å². The Kier molecular flexibility index (Phi) is 2.18. The van der Waals surface area contributed by atoms with Crippen LogP contribution in [0.4, 0.5) is 6.01 Å². The molecular formula is C10H11N3O. The van der Waals surface area contributed by atoms with Gasteiger partial charge in [-0.1, -0.05) is 6.92 Å². The second kappa shape index (κ2) is 3.49. The van der Waals surface area contributed by atoms with Crippen LogP contribution in [0.15, 0.2) is 28.9 Å². The van der Waals surface area contributed by atoms with Crippen LogP contribution < -0.4 is 5.73 Å². The molecule has 4 heteroatoms. The molecule has 0 aromatic carbocycles. The molecule has 0 saturated carbocycles. The number of hydrogen-bond donors (Lipinski definition) is 1. The number of rotatable bonds is 2. The van der Waals surface area contributed by atoms with Crippen molar-refractivity contribution in [2.24, 2.45) is 0 Å². The Labute approximate surface area is 81.8 Å². The first-order valence-electron chi connectivity index (χ1n) is 4.47. The van der Waals surface area contributed by atoms with Gasteiger partial charge in [0.25, 0.3) is 6.01 Å². The van der Waals surface area contributed by atoms with Crippen molar-refractivity contribution in [1.82, 2.24) is 9.97 Å². The van der Waals surface area contributed by atoms with Crippen molar-refractivity contribution in [3.63, 3.8) is 0 Å². The molecule has 0 aliphatic heterocycles. The average Bonchev–Trinajstić information content (AvgIpc) is 2.61. The Balaban J connectivity index is 2.51. The number of anilines is 1. The molecule has 4 nitrogen and oxygen atoms in total. The first kappa shape index (κ1) is 8.74. The summed E-state index contributed by atoms with van der Waals surface area (Å²) in [4.78, 5) is 8.11. The van der Waals surface area contributed by atoms with Crippen molar-refractivity contribution in [2.45, 2.75) is 13.3 Å². The molecule has 0 spiro atoms. The van der Waals surface area contributed by atoms with Crippen molar-refractivity contribution in [3.8, 4) is 11.3 Å². The highest BCUT2D eigenvalue weighted by Crippen LogP contribution is 2.25. The van der Waals surface area contributed by atoms with Gasteiger partial charge in [-0.2, -0.15) is 4.98 Å². The molecule has 0 aliphatic carbocycles. The van der Waals surface area contributed by atoms with Crippen LogP contribution in [0, 0.1) is 0 Å². The molecule has 0 bridgehead atoms. The molecule has 72 valence electrons. The number of aryl methyl sites for hydroxylation is 1. The van der Waals surface area contributed by atoms with Crippen LogP contribution in [0.3, 0.4) is 0 Å². The molecule has 0 radical (unpaired) electrons. The van der Waals surface area contributed by atoms with Crippen molar-refractivity contribution in [1.29, 1.82) is 0 Å². The monoisotopic (exact) mass is 189 g/mol. The molecule has 0 unspecified atom stereocenters. The van der Waals surface area contributed by atoms with E-state index in [1.54, 1.807) is 12.4 Å². The van der Waals surface area contributed by atoms with Gasteiger partial charge in [0.1, 0.15) is 0 Å². The first-order chi connectivity index (χ1) is 6.81. The van der Waals surface area contributed by atoms with E-state index in [2.05, 4.69) is 9.97 Å². The molecule has 14 heavy (non-hydrogen) atoms. The van der Waals surface area contributed by atoms with E-state index >= 15 is 0 Å². The number of nitrogens with zero attached hydrogens (tertiary/aromatic N) is 2. The third-order valence-electron chi connectivity index (χ3n) is 1.97. The largest absolute Gasteiger partial charge is 0.423 e. The summed E-state index contributed by atoms with van der Waals surface area (Å²) in [6.45, 7) is 2.01. The summed E-state index contributed by atoms with van der Waals surface area (Å²) in [6, 6.07) is 3.99. The van der Waals surface area contributed by atoms with Crippen LogP contribution in [-0.4, -0.2) is 9.97 Å². The second-order valence-electron chi connectivity index (χ2n) is 2.92. The molecule has 0 aliphatic rings. The fourth-order valence-electron chi connectivity index (χ4n) is 1.33. The third-order valence-corrected chi connectivity index (χ3v) is 1.97. The van der Waals surface area contributed by atoms with E-state index in [1.807, 2.05) is 19.1 Å². The van der Waals surface area contributed by atoms with Crippen LogP contribution in [0.2, 0.25) is 0 Å². The Hall–Kier alpha value is -1.84. The lowest BCUT2D eigenvalue weighted by atomic mass is 10.1. The van der Waals surface area contributed by atoms with Crippen LogP contribution in [0.1, 0.15) is 12.6 Å². The SMILES string of the molecule is CCc1nc(N)oc1-c1cccnc1. The maximum absolute atomic E-state index is 5.49. The number of hydrogen-bond acceptors (Lipinski definition) is 4. The lowest BCUT2D eigenvalue weighted by Gasteiger charge is -1.96. The Morgan fingerprint density at radius 1 is 1.50 bits per heavy atom. The van der Waals surface area contributed by atoms with Gasteiger partial charge in [0.05, 0.1) is 5.69 Å². The van der Waals surface area contributed by atoms with Gasteiger partial charge in [0.15, 0.2) is 5.76 Å². The Morgan fingerprint density at radius 2 is 2.36 bits per heavy atom. The van der Waals surface area contributed by atoms with Gasteiger partial charge in [0.2, 0.25) is 0 Å². The van der Waals surface area contributed by atoms with Crippen molar-refractivity contribution in [2.75, 3.05) is 5.73 Å². The maximum Gasteiger partial charge on any atom is 0.292 e. The summed E-state index contributed by atoms with van der Waals surface area (Å²) >= 11 is 0. The van der Waals surface area contributed by atoms with E-state index in [0.717, 1.165) is 23.4 Å². The summed E-state index contributed by atoms with van der Waals surface area (Å²) in [5.74, 6) is 0.720. The first-order valence-corrected chi connectivity index (χ1v) is 4.47. The molecule has 0 amide bonds. The average molecular weight is 189 g/mol. The van der Waals surface area contributed by atoms with Gasteiger partial charge in [-0.15, -0.1) is 0 Å². The van der Waals surface area contributed by atoms with Crippen molar-refractivity contribution < 1.29 is 4.42 Å². The van der Waals surface area contributed by atoms with E-state index in [9.17, 15) is 0 Å². The van der Waals surface area contributed by atoms with E-state index < -0.39 is 0 Å². The fourth-order valence-corrected chi connectivity index (χ4v) is 1.33. The molecule has 0 fully saturated rings. The molecule has 2 rings (SSSR count). The van der Waals surface area contributed by atoms with Crippen LogP contribution in [0.5, 0.6) is 0 Å². The summed E-state index contributed by atoms with van der Waals surface area (Å²) in [5.41, 5.74) is 7.28. The summed E-state index contributed by atoms with van der Waals surface area (Å²) < 4.78 is 5.32. The number of aromatic nitrogens is 2. The zero-order chi connectivity index (χ0) is 9.97. The standard InChI is InChI=1S/C10H11N3O/c1-2-8-9(14-10(11)13-8)7-4-3-5-12-6-7/h3-6H,2H2,1H3,(H2,11,13). The fraction of sp³-hybridized carbons (Fsp3) is 0.200. The quantitative estimate of drug-likeness (QED) is 0.783. The van der Waals surface area contributed by atoms with Gasteiger partial charge in [-0.05, 0) is 18.6 Å². The second-order valence-corrected chi connectivity index (χ2v) is 2.92. The molecule has 2 aromatic heterocycles. The minimum absolute atomic E-state index is 0.209. The predicted octanol–water partition coefficient (Wildman–Crippen LogP) is 1.88. The third kappa shape index (κ3) is 1.46. The van der Waals surface area contributed by atoms with Gasteiger partial charge in [-0.3, -0.25) is 4.98 Å². The molecular weight excluding hydrogens is 178 g/mol. The molecule has 2 aromatic rings. The van der Waals surface area contributed by atoms with Crippen molar-refractivity contribution >= 4 is 6.01 Å². The summed E-state index contributed by atoms with van der Waals surface area (Å²) in [7, 11) is 0. The highest BCUT2D eigenvalue weighted by Gasteiger charge is 2.11. The zero-order valence-electron chi connectivity index (χ0n) is 7.90. The van der Waals surface area contributed by atoms with Gasteiger partial charge >= 0.3 is 0 Å². The van der Waals surface area contributed by atoms with E-state index in [1.165, 1.54) is 0 Å². The highest BCUT2D eigenvalue weighted by molar-refractivity contribution is 5.59. The van der Waals surface area contributed by atoms with Crippen LogP contribution >= 0.6 is 0 Å². The number of nitrogen functional groups attached to an aromatic ring is 1. The van der Waals surface area contributed by atoms with E-state index in [0.29, 0.717) is 0 Å². The Bertz CT molecular complexity index is 422. The smallest absolute Gasteiger partial charge is 0.292 e. The van der Waals surface area contributed by atoms with E-state index in [-0.39, 0.29) is 6.01 Å². The van der Waals surface area contributed by atoms with Gasteiger partial charge < -0.3 is 10.2 Å². The normalized spacial score (nSPS) is 10.4. The summed E-state index contributed by atoms with van der Waals surface area (Å²) in [6.07, 6.45) is 4.25. The Morgan fingerprint density at radius 3 is 3.00 bits per heavy atom. The number of pyridine rings is 1. The molecule has 2 heterocycles. The minimum Gasteiger partial charge on any atom is -0.423 e. The number of oxazole rings is 1. The topological polar surface area (TPSA) is 64.9 Å². The lowest BCUT2D eigenvalue weighted by Crippen LogP contribution is -1.86. The minimum atomic E-state index is 0.209. The lowest BCUT2D eigenvalue weighted by molar-refractivity contribution is 0.593. The van der Waals surface area contributed by atoms with Crippen LogP contribution in [0.25, 0.3) is 11.3 Å². The van der Waals surface area contributed by atoms with Gasteiger partial charge in [-0.25, -0.2) is 0 Å². The zero-order valence-corrected chi connectivity index (χ0v) is 7.90. The predicted molar refractivity (Wildman–Crippen MR) is 53.5 cm³/mol. The van der Waals surface area contributed by atoms with Crippen LogP contribution in [-0.2, 0) is 6.42 Å². The summed E-state index contributed by atoms with van der Waals surface area (Å²) in [5, 5.41) is 0. The molecule has 2 N–H and O–H groups in total. The molecule has 0 saturated heterocycles. The van der Waals surface area contributed by atoms with E-state index in [4.69, 9.17) is 10.2 Å². The highest BCUT2D eigenvalue weighted by atomic mass is 16.4.